The van der Waals surface area contributed by atoms with Crippen LogP contribution in [0.25, 0.3) is 0 Å². The first kappa shape index (κ1) is 17.3. The normalized spacial score (nSPS) is 12.9. The van der Waals surface area contributed by atoms with Gasteiger partial charge in [0, 0.05) is 11.6 Å². The van der Waals surface area contributed by atoms with Crippen molar-refractivity contribution in [1.29, 1.82) is 0 Å². The van der Waals surface area contributed by atoms with Crippen LogP contribution >= 0.6 is 0 Å². The number of nitrogens with one attached hydrogen (secondary N) is 1. The zero-order chi connectivity index (χ0) is 17.2. The highest BCUT2D eigenvalue weighted by Gasteiger charge is 2.22. The van der Waals surface area contributed by atoms with Crippen molar-refractivity contribution in [2.75, 3.05) is 5.75 Å². The highest BCUT2D eigenvalue weighted by molar-refractivity contribution is 7.91. The van der Waals surface area contributed by atoms with Gasteiger partial charge in [-0.15, -0.1) is 0 Å². The van der Waals surface area contributed by atoms with Gasteiger partial charge in [0.1, 0.15) is 5.76 Å². The summed E-state index contributed by atoms with van der Waals surface area (Å²) >= 11 is 0. The van der Waals surface area contributed by atoms with E-state index in [1.54, 1.807) is 51.1 Å². The van der Waals surface area contributed by atoms with E-state index in [9.17, 15) is 13.2 Å². The molecule has 0 radical (unpaired) electrons. The number of aryl methyl sites for hydroxylation is 3. The van der Waals surface area contributed by atoms with E-state index < -0.39 is 21.8 Å². The van der Waals surface area contributed by atoms with Crippen LogP contribution in [0.3, 0.4) is 0 Å². The number of sulfone groups is 1. The van der Waals surface area contributed by atoms with Crippen LogP contribution in [-0.4, -0.2) is 26.1 Å². The van der Waals surface area contributed by atoms with Crippen LogP contribution in [-0.2, 0) is 9.84 Å². The summed E-state index contributed by atoms with van der Waals surface area (Å²) in [5, 5.41) is 2.68. The number of hydrogen-bond donors (Lipinski definition) is 1. The molecule has 1 N–H and O–H groups in total. The van der Waals surface area contributed by atoms with Crippen LogP contribution < -0.4 is 5.32 Å². The summed E-state index contributed by atoms with van der Waals surface area (Å²) in [6.07, 6.45) is 0. The minimum atomic E-state index is -3.45. The molecule has 0 bridgehead atoms. The van der Waals surface area contributed by atoms with E-state index in [0.29, 0.717) is 5.76 Å². The second kappa shape index (κ2) is 6.58. The molecule has 6 heteroatoms. The number of hydrogen-bond acceptors (Lipinski definition) is 4. The maximum atomic E-state index is 12.4. The van der Waals surface area contributed by atoms with Gasteiger partial charge in [-0.1, -0.05) is 17.7 Å². The maximum absolute atomic E-state index is 12.4. The smallest absolute Gasteiger partial charge is 0.287 e. The fraction of sp³-hybridized carbons (Fsp3) is 0.353. The molecule has 124 valence electrons. The fourth-order valence-corrected chi connectivity index (χ4v) is 3.85. The molecular weight excluding hydrogens is 314 g/mol. The van der Waals surface area contributed by atoms with Gasteiger partial charge < -0.3 is 9.73 Å². The lowest BCUT2D eigenvalue weighted by atomic mass is 10.2. The van der Waals surface area contributed by atoms with Gasteiger partial charge in [0.25, 0.3) is 5.91 Å². The highest BCUT2D eigenvalue weighted by Crippen LogP contribution is 2.15. The summed E-state index contributed by atoms with van der Waals surface area (Å²) in [5.41, 5.74) is 1.72. The Balaban J connectivity index is 2.06. The molecule has 1 aromatic heterocycles. The minimum Gasteiger partial charge on any atom is -0.456 e. The third-order valence-corrected chi connectivity index (χ3v) is 5.40. The molecule has 2 rings (SSSR count). The number of rotatable bonds is 5. The minimum absolute atomic E-state index is 0.166. The highest BCUT2D eigenvalue weighted by atomic mass is 32.2. The Bertz CT molecular complexity index is 804. The zero-order valence-electron chi connectivity index (χ0n) is 13.7. The Hall–Kier alpha value is -2.08. The van der Waals surface area contributed by atoms with Gasteiger partial charge in [0.05, 0.1) is 10.6 Å². The van der Waals surface area contributed by atoms with E-state index in [0.717, 1.165) is 11.1 Å². The van der Waals surface area contributed by atoms with E-state index in [-0.39, 0.29) is 16.4 Å². The first-order valence-electron chi connectivity index (χ1n) is 7.36. The van der Waals surface area contributed by atoms with Crippen molar-refractivity contribution < 1.29 is 17.6 Å². The van der Waals surface area contributed by atoms with E-state index >= 15 is 0 Å². The Morgan fingerprint density at radius 1 is 1.17 bits per heavy atom. The van der Waals surface area contributed by atoms with Crippen LogP contribution in [0.2, 0.25) is 0 Å². The third-order valence-electron chi connectivity index (χ3n) is 3.47. The van der Waals surface area contributed by atoms with E-state index in [4.69, 9.17) is 4.42 Å². The zero-order valence-corrected chi connectivity index (χ0v) is 14.5. The van der Waals surface area contributed by atoms with Crippen molar-refractivity contribution in [3.05, 3.63) is 53.0 Å². The van der Waals surface area contributed by atoms with Crippen LogP contribution in [0.1, 0.15) is 34.4 Å². The Kier molecular flexibility index (Phi) is 4.94. The van der Waals surface area contributed by atoms with Crippen molar-refractivity contribution in [3.8, 4) is 0 Å². The quantitative estimate of drug-likeness (QED) is 0.911. The van der Waals surface area contributed by atoms with Crippen molar-refractivity contribution >= 4 is 15.7 Å². The first-order chi connectivity index (χ1) is 10.7. The fourth-order valence-electron chi connectivity index (χ4n) is 2.37. The van der Waals surface area contributed by atoms with Crippen molar-refractivity contribution in [2.24, 2.45) is 0 Å². The number of furan rings is 1. The molecule has 0 aliphatic rings. The molecule has 23 heavy (non-hydrogen) atoms. The Morgan fingerprint density at radius 3 is 2.30 bits per heavy atom. The van der Waals surface area contributed by atoms with Gasteiger partial charge in [-0.05, 0) is 45.9 Å². The number of amides is 1. The summed E-state index contributed by atoms with van der Waals surface area (Å²) in [6, 6.07) is 7.91. The van der Waals surface area contributed by atoms with Crippen molar-refractivity contribution in [3.63, 3.8) is 0 Å². The average molecular weight is 335 g/mol. The SMILES string of the molecule is Cc1ccc(S(=O)(=O)C[C@H](C)NC(=O)c2oc(C)cc2C)cc1. The molecule has 0 fully saturated rings. The van der Waals surface area contributed by atoms with Gasteiger partial charge in [0.2, 0.25) is 0 Å². The van der Waals surface area contributed by atoms with E-state index in [2.05, 4.69) is 5.32 Å². The summed E-state index contributed by atoms with van der Waals surface area (Å²) in [6.45, 7) is 7.09. The predicted octanol–water partition coefficient (Wildman–Crippen LogP) is 2.80. The summed E-state index contributed by atoms with van der Waals surface area (Å²) in [7, 11) is -3.45. The summed E-state index contributed by atoms with van der Waals surface area (Å²) < 4.78 is 30.1. The van der Waals surface area contributed by atoms with E-state index in [1.807, 2.05) is 6.92 Å². The third kappa shape index (κ3) is 4.22. The molecule has 0 spiro atoms. The van der Waals surface area contributed by atoms with Gasteiger partial charge in [0.15, 0.2) is 15.6 Å². The standard InChI is InChI=1S/C17H21NO4S/c1-11-5-7-15(8-6-11)23(20,21)10-13(3)18-17(19)16-12(2)9-14(4)22-16/h5-9,13H,10H2,1-4H3,(H,18,19)/t13-/m0/s1. The lowest BCUT2D eigenvalue weighted by Gasteiger charge is -2.14. The van der Waals surface area contributed by atoms with Gasteiger partial charge in [-0.3, -0.25) is 4.79 Å². The second-order valence-electron chi connectivity index (χ2n) is 5.84. The predicted molar refractivity (Wildman–Crippen MR) is 88.3 cm³/mol. The Morgan fingerprint density at radius 2 is 1.78 bits per heavy atom. The van der Waals surface area contributed by atoms with Gasteiger partial charge in [-0.2, -0.15) is 0 Å². The number of benzene rings is 1. The summed E-state index contributed by atoms with van der Waals surface area (Å²) in [4.78, 5) is 12.4. The maximum Gasteiger partial charge on any atom is 0.287 e. The summed E-state index contributed by atoms with van der Waals surface area (Å²) in [5.74, 6) is 0.303. The molecule has 0 aliphatic heterocycles. The first-order valence-corrected chi connectivity index (χ1v) is 9.01. The molecule has 0 unspecified atom stereocenters. The van der Waals surface area contributed by atoms with Crippen molar-refractivity contribution in [1.82, 2.24) is 5.32 Å². The largest absolute Gasteiger partial charge is 0.456 e. The van der Waals surface area contributed by atoms with E-state index in [1.165, 1.54) is 0 Å². The molecule has 0 saturated carbocycles. The number of carbonyl (C=O) groups excluding carboxylic acids is 1. The molecule has 1 amide bonds. The molecule has 0 aliphatic carbocycles. The van der Waals surface area contributed by atoms with Gasteiger partial charge >= 0.3 is 0 Å². The molecule has 2 aromatic rings. The monoisotopic (exact) mass is 335 g/mol. The molecule has 1 atom stereocenters. The Labute approximate surface area is 136 Å². The van der Waals surface area contributed by atoms with Crippen LogP contribution in [0, 0.1) is 20.8 Å². The molecular formula is C17H21NO4S. The van der Waals surface area contributed by atoms with Crippen LogP contribution in [0.15, 0.2) is 39.6 Å². The lowest BCUT2D eigenvalue weighted by Crippen LogP contribution is -2.37. The van der Waals surface area contributed by atoms with Crippen LogP contribution in [0.4, 0.5) is 0 Å². The molecule has 1 aromatic carbocycles. The molecule has 1 heterocycles. The molecule has 5 nitrogen and oxygen atoms in total. The topological polar surface area (TPSA) is 76.4 Å². The number of carbonyl (C=O) groups is 1. The average Bonchev–Trinajstić information content (AvgIpc) is 2.77. The van der Waals surface area contributed by atoms with Gasteiger partial charge in [-0.25, -0.2) is 8.42 Å². The molecule has 0 saturated heterocycles. The second-order valence-corrected chi connectivity index (χ2v) is 7.87. The van der Waals surface area contributed by atoms with Crippen molar-refractivity contribution in [2.45, 2.75) is 38.6 Å². The lowest BCUT2D eigenvalue weighted by molar-refractivity contribution is 0.0913. The van der Waals surface area contributed by atoms with Crippen LogP contribution in [0.5, 0.6) is 0 Å².